The Bertz CT molecular complexity index is 327. The first-order valence-corrected chi connectivity index (χ1v) is 4.92. The lowest BCUT2D eigenvalue weighted by atomic mass is 10.1. The smallest absolute Gasteiger partial charge is 0.338 e. The van der Waals surface area contributed by atoms with Crippen LogP contribution in [0, 0.1) is 11.3 Å². The molecule has 0 amide bonds. The minimum Gasteiger partial charge on any atom is -0.466 e. The van der Waals surface area contributed by atoms with Crippen molar-refractivity contribution >= 4 is 11.9 Å². The summed E-state index contributed by atoms with van der Waals surface area (Å²) in [6.07, 6.45) is 1.53. The van der Waals surface area contributed by atoms with E-state index in [1.165, 1.54) is 14.0 Å². The average Bonchev–Trinajstić information content (AvgIpc) is 2.23. The minimum absolute atomic E-state index is 0.0713. The number of carbonyl (C=O) groups is 2. The van der Waals surface area contributed by atoms with Crippen molar-refractivity contribution in [1.29, 1.82) is 5.26 Å². The van der Waals surface area contributed by atoms with Gasteiger partial charge in [-0.1, -0.05) is 13.3 Å². The van der Waals surface area contributed by atoms with Gasteiger partial charge in [0.25, 0.3) is 0 Å². The van der Waals surface area contributed by atoms with Gasteiger partial charge >= 0.3 is 11.9 Å². The Balaban J connectivity index is 4.95. The van der Waals surface area contributed by atoms with E-state index in [1.807, 2.05) is 6.92 Å². The Labute approximate surface area is 94.6 Å². The van der Waals surface area contributed by atoms with Gasteiger partial charge in [-0.25, -0.2) is 4.79 Å². The second kappa shape index (κ2) is 7.46. The summed E-state index contributed by atoms with van der Waals surface area (Å²) in [7, 11) is 1.21. The monoisotopic (exact) mass is 225 g/mol. The van der Waals surface area contributed by atoms with Gasteiger partial charge < -0.3 is 9.47 Å². The fourth-order valence-electron chi connectivity index (χ4n) is 1.21. The van der Waals surface area contributed by atoms with E-state index in [0.717, 1.165) is 12.5 Å². The molecule has 0 aliphatic carbocycles. The summed E-state index contributed by atoms with van der Waals surface area (Å²) < 4.78 is 9.49. The molecule has 0 aromatic carbocycles. The number of rotatable bonds is 5. The van der Waals surface area contributed by atoms with Crippen molar-refractivity contribution in [3.8, 4) is 6.07 Å². The summed E-state index contributed by atoms with van der Waals surface area (Å²) in [5.41, 5.74) is 0.0713. The summed E-state index contributed by atoms with van der Waals surface area (Å²) in [5, 5.41) is 8.56. The van der Waals surface area contributed by atoms with Gasteiger partial charge in [0, 0.05) is 13.0 Å². The highest BCUT2D eigenvalue weighted by atomic mass is 16.6. The number of esters is 2. The lowest BCUT2D eigenvalue weighted by Gasteiger charge is -2.17. The highest BCUT2D eigenvalue weighted by molar-refractivity contribution is 5.90. The van der Waals surface area contributed by atoms with Crippen molar-refractivity contribution in [2.24, 2.45) is 0 Å². The first-order valence-electron chi connectivity index (χ1n) is 4.92. The molecule has 5 heteroatoms. The van der Waals surface area contributed by atoms with Gasteiger partial charge in [-0.15, -0.1) is 0 Å². The Hall–Kier alpha value is -1.83. The largest absolute Gasteiger partial charge is 0.466 e. The number of carbonyl (C=O) groups excluding carboxylic acids is 2. The van der Waals surface area contributed by atoms with Crippen molar-refractivity contribution in [2.75, 3.05) is 7.11 Å². The molecule has 0 aromatic rings. The number of hydrogen-bond acceptors (Lipinski definition) is 5. The minimum atomic E-state index is -0.713. The molecule has 0 heterocycles. The molecule has 0 unspecified atom stereocenters. The molecule has 0 aliphatic rings. The molecule has 0 spiro atoms. The first-order chi connectivity index (χ1) is 7.56. The Kier molecular flexibility index (Phi) is 6.61. The summed E-state index contributed by atoms with van der Waals surface area (Å²) in [6.45, 7) is 3.14. The van der Waals surface area contributed by atoms with E-state index in [-0.39, 0.29) is 5.57 Å². The molecule has 5 nitrogen and oxygen atoms in total. The van der Waals surface area contributed by atoms with Crippen LogP contribution in [0.25, 0.3) is 0 Å². The van der Waals surface area contributed by atoms with Crippen molar-refractivity contribution in [1.82, 2.24) is 0 Å². The number of methoxy groups -OCH3 is 1. The zero-order valence-electron chi connectivity index (χ0n) is 9.65. The standard InChI is InChI=1S/C11H15NO4/c1-4-5-10(16-8(2)13)9(6-7-12)11(14)15-3/h6,10H,4-5H2,1-3H3/b9-6-/t10-/m0/s1. The van der Waals surface area contributed by atoms with Gasteiger partial charge in [-0.05, 0) is 6.42 Å². The van der Waals surface area contributed by atoms with E-state index in [2.05, 4.69) is 4.74 Å². The molecule has 0 radical (unpaired) electrons. The molecule has 0 saturated heterocycles. The number of ether oxygens (including phenoxy) is 2. The van der Waals surface area contributed by atoms with Crippen molar-refractivity contribution in [2.45, 2.75) is 32.8 Å². The van der Waals surface area contributed by atoms with E-state index in [4.69, 9.17) is 10.00 Å². The molecule has 0 saturated carbocycles. The Morgan fingerprint density at radius 1 is 1.50 bits per heavy atom. The van der Waals surface area contributed by atoms with Crippen LogP contribution in [-0.2, 0) is 19.1 Å². The highest BCUT2D eigenvalue weighted by Crippen LogP contribution is 2.15. The molecule has 88 valence electrons. The normalized spacial score (nSPS) is 12.5. The van der Waals surface area contributed by atoms with Crippen LogP contribution in [0.1, 0.15) is 26.7 Å². The second-order valence-corrected chi connectivity index (χ2v) is 3.11. The van der Waals surface area contributed by atoms with Gasteiger partial charge in [0.1, 0.15) is 6.10 Å². The molecule has 0 rings (SSSR count). The molecule has 0 bridgehead atoms. The van der Waals surface area contributed by atoms with Gasteiger partial charge in [-0.2, -0.15) is 5.26 Å². The van der Waals surface area contributed by atoms with Crippen LogP contribution in [0.5, 0.6) is 0 Å². The van der Waals surface area contributed by atoms with Crippen LogP contribution in [-0.4, -0.2) is 25.2 Å². The maximum Gasteiger partial charge on any atom is 0.338 e. The summed E-state index contributed by atoms with van der Waals surface area (Å²) in [5.74, 6) is -1.15. The van der Waals surface area contributed by atoms with E-state index in [9.17, 15) is 9.59 Å². The zero-order valence-corrected chi connectivity index (χ0v) is 9.65. The maximum atomic E-state index is 11.4. The third-order valence-electron chi connectivity index (χ3n) is 1.85. The van der Waals surface area contributed by atoms with Crippen molar-refractivity contribution < 1.29 is 19.1 Å². The van der Waals surface area contributed by atoms with E-state index >= 15 is 0 Å². The predicted octanol–water partition coefficient (Wildman–Crippen LogP) is 1.34. The van der Waals surface area contributed by atoms with Crippen molar-refractivity contribution in [3.63, 3.8) is 0 Å². The van der Waals surface area contributed by atoms with Crippen LogP contribution >= 0.6 is 0 Å². The molecule has 0 fully saturated rings. The van der Waals surface area contributed by atoms with Crippen LogP contribution < -0.4 is 0 Å². The predicted molar refractivity (Wildman–Crippen MR) is 56.2 cm³/mol. The SMILES string of the molecule is CCC[C@H](OC(C)=O)/C(=C/C#N)C(=O)OC. The first kappa shape index (κ1) is 14.2. The van der Waals surface area contributed by atoms with Crippen LogP contribution in [0.3, 0.4) is 0 Å². The Morgan fingerprint density at radius 2 is 2.12 bits per heavy atom. The van der Waals surface area contributed by atoms with Gasteiger partial charge in [0.05, 0.1) is 18.8 Å². The topological polar surface area (TPSA) is 76.4 Å². The Morgan fingerprint density at radius 3 is 2.50 bits per heavy atom. The van der Waals surface area contributed by atoms with Crippen molar-refractivity contribution in [3.05, 3.63) is 11.6 Å². The summed E-state index contributed by atoms with van der Waals surface area (Å²) in [6, 6.07) is 1.74. The zero-order chi connectivity index (χ0) is 12.6. The lowest BCUT2D eigenvalue weighted by molar-refractivity contribution is -0.147. The molecular weight excluding hydrogens is 210 g/mol. The second-order valence-electron chi connectivity index (χ2n) is 3.11. The fourth-order valence-corrected chi connectivity index (χ4v) is 1.21. The van der Waals surface area contributed by atoms with Crippen LogP contribution in [0.15, 0.2) is 11.6 Å². The quantitative estimate of drug-likeness (QED) is 0.401. The molecule has 0 aromatic heterocycles. The fraction of sp³-hybridized carbons (Fsp3) is 0.545. The average molecular weight is 225 g/mol. The highest BCUT2D eigenvalue weighted by Gasteiger charge is 2.23. The third kappa shape index (κ3) is 4.60. The van der Waals surface area contributed by atoms with E-state index in [1.54, 1.807) is 6.07 Å². The molecule has 0 N–H and O–H groups in total. The third-order valence-corrected chi connectivity index (χ3v) is 1.85. The van der Waals surface area contributed by atoms with Gasteiger partial charge in [0.2, 0.25) is 0 Å². The molecular formula is C11H15NO4. The number of nitrogens with zero attached hydrogens (tertiary/aromatic N) is 1. The van der Waals surface area contributed by atoms with Crippen LogP contribution in [0.2, 0.25) is 0 Å². The van der Waals surface area contributed by atoms with Gasteiger partial charge in [0.15, 0.2) is 0 Å². The van der Waals surface area contributed by atoms with Gasteiger partial charge in [-0.3, -0.25) is 4.79 Å². The maximum absolute atomic E-state index is 11.4. The lowest BCUT2D eigenvalue weighted by Crippen LogP contribution is -2.24. The molecule has 16 heavy (non-hydrogen) atoms. The molecule has 0 aliphatic heterocycles. The number of allylic oxidation sites excluding steroid dienone is 1. The van der Waals surface area contributed by atoms with Crippen LogP contribution in [0.4, 0.5) is 0 Å². The number of hydrogen-bond donors (Lipinski definition) is 0. The summed E-state index contributed by atoms with van der Waals surface area (Å²) in [4.78, 5) is 22.2. The van der Waals surface area contributed by atoms with E-state index in [0.29, 0.717) is 6.42 Å². The molecule has 1 atom stereocenters. The summed E-state index contributed by atoms with van der Waals surface area (Å²) >= 11 is 0. The number of nitriles is 1. The van der Waals surface area contributed by atoms with E-state index < -0.39 is 18.0 Å².